The van der Waals surface area contributed by atoms with Crippen molar-refractivity contribution in [2.75, 3.05) is 13.7 Å². The summed E-state index contributed by atoms with van der Waals surface area (Å²) in [5.41, 5.74) is 6.07. The van der Waals surface area contributed by atoms with Crippen LogP contribution in [0.25, 0.3) is 0 Å². The molecule has 3 aliphatic rings. The largest absolute Gasteiger partial charge is 0.497 e. The van der Waals surface area contributed by atoms with E-state index < -0.39 is 34.7 Å². The lowest BCUT2D eigenvalue weighted by molar-refractivity contribution is 0.0430. The highest BCUT2D eigenvalue weighted by molar-refractivity contribution is 5.94. The minimum atomic E-state index is -1.52. The van der Waals surface area contributed by atoms with Gasteiger partial charge in [0.1, 0.15) is 12.4 Å². The molecule has 0 heterocycles. The second-order valence-electron chi connectivity index (χ2n) is 9.04. The lowest BCUT2D eigenvalue weighted by Crippen LogP contribution is -2.54. The molecule has 3 aliphatic carbocycles. The van der Waals surface area contributed by atoms with E-state index in [1.807, 2.05) is 0 Å². The number of hydrogen-bond donors (Lipinski definition) is 2. The molecule has 3 N–H and O–H groups in total. The van der Waals surface area contributed by atoms with Crippen molar-refractivity contribution < 1.29 is 27.4 Å². The highest BCUT2D eigenvalue weighted by Crippen LogP contribution is 2.50. The summed E-state index contributed by atoms with van der Waals surface area (Å²) in [5, 5.41) is 2.68. The van der Waals surface area contributed by atoms with E-state index in [4.69, 9.17) is 15.2 Å². The van der Waals surface area contributed by atoms with Crippen LogP contribution in [0.15, 0.2) is 30.3 Å². The SMILES string of the molecule is COc1ccc(COc2c(F)cc(C(=O)NCC34CCC(N)(CC3)CC4)c(F)c2F)cc1. The van der Waals surface area contributed by atoms with Gasteiger partial charge in [0.05, 0.1) is 12.7 Å². The first-order valence-corrected chi connectivity index (χ1v) is 10.7. The van der Waals surface area contributed by atoms with Crippen molar-refractivity contribution in [3.63, 3.8) is 0 Å². The molecule has 5 rings (SSSR count). The Morgan fingerprint density at radius 1 is 1.03 bits per heavy atom. The number of halogens is 3. The Kier molecular flexibility index (Phi) is 6.07. The molecule has 0 unspecified atom stereocenters. The summed E-state index contributed by atoms with van der Waals surface area (Å²) in [5.74, 6) is -5.16. The summed E-state index contributed by atoms with van der Waals surface area (Å²) in [6.07, 6.45) is 5.32. The summed E-state index contributed by atoms with van der Waals surface area (Å²) in [6, 6.07) is 7.35. The number of nitrogens with one attached hydrogen (secondary N) is 1. The van der Waals surface area contributed by atoms with E-state index in [0.29, 0.717) is 23.9 Å². The maximum absolute atomic E-state index is 14.6. The summed E-state index contributed by atoms with van der Waals surface area (Å²) in [6.45, 7) is 0.161. The predicted molar refractivity (Wildman–Crippen MR) is 113 cm³/mol. The molecule has 32 heavy (non-hydrogen) atoms. The van der Waals surface area contributed by atoms with E-state index in [1.165, 1.54) is 7.11 Å². The summed E-state index contributed by atoms with van der Waals surface area (Å²) < 4.78 is 53.9. The fourth-order valence-electron chi connectivity index (χ4n) is 4.67. The van der Waals surface area contributed by atoms with E-state index in [2.05, 4.69) is 5.32 Å². The number of fused-ring (bicyclic) bond motifs is 3. The number of hydrogen-bond acceptors (Lipinski definition) is 4. The van der Waals surface area contributed by atoms with Crippen LogP contribution in [0.4, 0.5) is 13.2 Å². The first-order chi connectivity index (χ1) is 15.2. The van der Waals surface area contributed by atoms with Gasteiger partial charge in [0, 0.05) is 12.1 Å². The van der Waals surface area contributed by atoms with Crippen LogP contribution < -0.4 is 20.5 Å². The van der Waals surface area contributed by atoms with Crippen molar-refractivity contribution in [1.82, 2.24) is 5.32 Å². The number of benzene rings is 2. The zero-order valence-corrected chi connectivity index (χ0v) is 18.0. The second kappa shape index (κ2) is 8.65. The van der Waals surface area contributed by atoms with Crippen LogP contribution in [0.2, 0.25) is 0 Å². The van der Waals surface area contributed by atoms with Crippen molar-refractivity contribution in [3.8, 4) is 11.5 Å². The molecule has 2 bridgehead atoms. The van der Waals surface area contributed by atoms with Gasteiger partial charge in [-0.3, -0.25) is 4.79 Å². The van der Waals surface area contributed by atoms with Crippen LogP contribution in [0.5, 0.6) is 11.5 Å². The quantitative estimate of drug-likeness (QED) is 0.613. The van der Waals surface area contributed by atoms with Crippen LogP contribution in [0, 0.1) is 22.9 Å². The average Bonchev–Trinajstić information content (AvgIpc) is 2.81. The number of nitrogens with two attached hydrogens (primary N) is 1. The van der Waals surface area contributed by atoms with Gasteiger partial charge < -0.3 is 20.5 Å². The Balaban J connectivity index is 1.42. The predicted octanol–water partition coefficient (Wildman–Crippen LogP) is 4.47. The number of amides is 1. The number of ether oxygens (including phenoxy) is 2. The second-order valence-corrected chi connectivity index (χ2v) is 9.04. The molecule has 1 amide bonds. The number of carbonyl (C=O) groups is 1. The third-order valence-electron chi connectivity index (χ3n) is 6.99. The van der Waals surface area contributed by atoms with E-state index in [-0.39, 0.29) is 17.6 Å². The standard InChI is InChI=1S/C24H27F3N2O3/c1-31-16-4-2-15(3-5-16)13-32-21-18(25)12-17(19(26)20(21)27)22(30)29-14-23-6-9-24(28,10-7-23)11-8-23/h2-5,12H,6-11,13-14,28H2,1H3,(H,29,30). The van der Waals surface area contributed by atoms with Gasteiger partial charge >= 0.3 is 0 Å². The molecule has 0 radical (unpaired) electrons. The third-order valence-corrected chi connectivity index (χ3v) is 6.99. The van der Waals surface area contributed by atoms with Crippen LogP contribution in [-0.4, -0.2) is 25.1 Å². The van der Waals surface area contributed by atoms with E-state index in [1.54, 1.807) is 24.3 Å². The Bertz CT molecular complexity index is 986. The Morgan fingerprint density at radius 3 is 2.25 bits per heavy atom. The lowest BCUT2D eigenvalue weighted by Gasteiger charge is -2.52. The summed E-state index contributed by atoms with van der Waals surface area (Å²) in [7, 11) is 1.52. The number of carbonyl (C=O) groups excluding carboxylic acids is 1. The van der Waals surface area contributed by atoms with Crippen molar-refractivity contribution in [3.05, 3.63) is 58.9 Å². The third kappa shape index (κ3) is 4.41. The van der Waals surface area contributed by atoms with Gasteiger partial charge in [-0.05, 0) is 67.7 Å². The highest BCUT2D eigenvalue weighted by atomic mass is 19.2. The molecule has 5 nitrogen and oxygen atoms in total. The van der Waals surface area contributed by atoms with Gasteiger partial charge in [-0.2, -0.15) is 4.39 Å². The zero-order valence-electron chi connectivity index (χ0n) is 18.0. The molecule has 3 fully saturated rings. The highest BCUT2D eigenvalue weighted by Gasteiger charge is 2.46. The molecule has 3 saturated carbocycles. The molecule has 0 atom stereocenters. The van der Waals surface area contributed by atoms with Crippen LogP contribution in [0.3, 0.4) is 0 Å². The fraction of sp³-hybridized carbons (Fsp3) is 0.458. The topological polar surface area (TPSA) is 73.6 Å². The molecule has 0 aromatic heterocycles. The van der Waals surface area contributed by atoms with E-state index in [9.17, 15) is 18.0 Å². The lowest BCUT2D eigenvalue weighted by atomic mass is 9.57. The molecular formula is C24H27F3N2O3. The van der Waals surface area contributed by atoms with Gasteiger partial charge in [0.2, 0.25) is 5.82 Å². The molecule has 0 saturated heterocycles. The van der Waals surface area contributed by atoms with Gasteiger partial charge in [0.25, 0.3) is 5.91 Å². The van der Waals surface area contributed by atoms with Crippen molar-refractivity contribution in [2.45, 2.75) is 50.7 Å². The normalized spacial score (nSPS) is 24.3. The van der Waals surface area contributed by atoms with Crippen LogP contribution in [0.1, 0.15) is 54.4 Å². The smallest absolute Gasteiger partial charge is 0.254 e. The Morgan fingerprint density at radius 2 is 1.66 bits per heavy atom. The molecule has 0 aliphatic heterocycles. The van der Waals surface area contributed by atoms with Crippen LogP contribution in [-0.2, 0) is 6.61 Å². The molecule has 0 spiro atoms. The van der Waals surface area contributed by atoms with Crippen molar-refractivity contribution in [2.24, 2.45) is 11.1 Å². The monoisotopic (exact) mass is 448 g/mol. The Labute approximate surface area is 185 Å². The van der Waals surface area contributed by atoms with Gasteiger partial charge in [-0.15, -0.1) is 0 Å². The minimum absolute atomic E-state index is 0.0776. The zero-order chi connectivity index (χ0) is 22.9. The number of methoxy groups -OCH3 is 1. The molecule has 8 heteroatoms. The van der Waals surface area contributed by atoms with Crippen molar-refractivity contribution in [1.29, 1.82) is 0 Å². The minimum Gasteiger partial charge on any atom is -0.497 e. The van der Waals surface area contributed by atoms with Gasteiger partial charge in [-0.1, -0.05) is 12.1 Å². The summed E-state index contributed by atoms with van der Waals surface area (Å²) >= 11 is 0. The first kappa shape index (κ1) is 22.5. The maximum Gasteiger partial charge on any atom is 0.254 e. The molecule has 2 aromatic carbocycles. The maximum atomic E-state index is 14.6. The van der Waals surface area contributed by atoms with Crippen molar-refractivity contribution >= 4 is 5.91 Å². The molecule has 2 aromatic rings. The van der Waals surface area contributed by atoms with Gasteiger partial charge in [-0.25, -0.2) is 8.78 Å². The first-order valence-electron chi connectivity index (χ1n) is 10.7. The Hall–Kier alpha value is -2.74. The fourth-order valence-corrected chi connectivity index (χ4v) is 4.67. The van der Waals surface area contributed by atoms with E-state index in [0.717, 1.165) is 38.5 Å². The van der Waals surface area contributed by atoms with Crippen LogP contribution >= 0.6 is 0 Å². The van der Waals surface area contributed by atoms with E-state index >= 15 is 0 Å². The molecule has 172 valence electrons. The average molecular weight is 448 g/mol. The number of rotatable bonds is 7. The molecular weight excluding hydrogens is 421 g/mol. The summed E-state index contributed by atoms with van der Waals surface area (Å²) in [4.78, 5) is 12.5. The van der Waals surface area contributed by atoms with Gasteiger partial charge in [0.15, 0.2) is 17.4 Å².